The average molecular weight is 314 g/mol. The first kappa shape index (κ1) is 14.7. The highest BCUT2D eigenvalue weighted by Crippen LogP contribution is 2.27. The largest absolute Gasteiger partial charge is 0.310 e. The minimum atomic E-state index is -0.462. The summed E-state index contributed by atoms with van der Waals surface area (Å²) in [6, 6.07) is 9.80. The Hall–Kier alpha value is -2.21. The van der Waals surface area contributed by atoms with Gasteiger partial charge < -0.3 is 5.32 Å². The van der Waals surface area contributed by atoms with Crippen molar-refractivity contribution in [2.24, 2.45) is 5.41 Å². The van der Waals surface area contributed by atoms with Gasteiger partial charge in [-0.1, -0.05) is 44.2 Å². The lowest BCUT2D eigenvalue weighted by Gasteiger charge is -2.17. The minimum Gasteiger partial charge on any atom is -0.310 e. The fraction of sp³-hybridized carbons (Fsp3) is 0.312. The Morgan fingerprint density at radius 1 is 1.27 bits per heavy atom. The zero-order valence-corrected chi connectivity index (χ0v) is 13.9. The van der Waals surface area contributed by atoms with Crippen molar-refractivity contribution in [1.29, 1.82) is 0 Å². The maximum atomic E-state index is 12.2. The van der Waals surface area contributed by atoms with Crippen LogP contribution >= 0.6 is 11.3 Å². The molecule has 22 heavy (non-hydrogen) atoms. The van der Waals surface area contributed by atoms with Gasteiger partial charge in [0.25, 0.3) is 0 Å². The number of fused-ring (bicyclic) bond motifs is 1. The molecule has 5 nitrogen and oxygen atoms in total. The molecule has 6 heteroatoms. The van der Waals surface area contributed by atoms with Gasteiger partial charge in [0.2, 0.25) is 11.0 Å². The summed E-state index contributed by atoms with van der Waals surface area (Å²) in [6.07, 6.45) is 0. The van der Waals surface area contributed by atoms with Crippen molar-refractivity contribution in [3.05, 3.63) is 36.0 Å². The summed E-state index contributed by atoms with van der Waals surface area (Å²) in [5.74, 6) is 0.603. The van der Waals surface area contributed by atoms with Crippen molar-refractivity contribution in [3.8, 4) is 5.13 Å². The van der Waals surface area contributed by atoms with E-state index >= 15 is 0 Å². The number of nitrogens with one attached hydrogen (secondary N) is 1. The molecule has 0 atom stereocenters. The Balaban J connectivity index is 2.02. The van der Waals surface area contributed by atoms with Crippen LogP contribution in [0, 0.1) is 12.3 Å². The maximum Gasteiger partial charge on any atom is 0.230 e. The number of hydrogen-bond acceptors (Lipinski definition) is 4. The molecule has 0 bridgehead atoms. The molecule has 1 N–H and O–H groups in total. The third-order valence-electron chi connectivity index (χ3n) is 3.22. The van der Waals surface area contributed by atoms with E-state index in [-0.39, 0.29) is 5.91 Å². The molecule has 2 heterocycles. The number of benzene rings is 1. The third-order valence-corrected chi connectivity index (χ3v) is 4.23. The molecule has 0 radical (unpaired) electrons. The fourth-order valence-electron chi connectivity index (χ4n) is 1.99. The summed E-state index contributed by atoms with van der Waals surface area (Å²) < 4.78 is 2.79. The third kappa shape index (κ3) is 2.74. The van der Waals surface area contributed by atoms with E-state index in [1.165, 1.54) is 0 Å². The van der Waals surface area contributed by atoms with Gasteiger partial charge in [-0.2, -0.15) is 9.78 Å². The zero-order valence-electron chi connectivity index (χ0n) is 13.0. The predicted octanol–water partition coefficient (Wildman–Crippen LogP) is 3.78. The second-order valence-electron chi connectivity index (χ2n) is 6.25. The molecule has 0 saturated heterocycles. The number of carbonyl (C=O) groups is 1. The van der Waals surface area contributed by atoms with Crippen molar-refractivity contribution < 1.29 is 4.79 Å². The van der Waals surface area contributed by atoms with Crippen molar-refractivity contribution in [1.82, 2.24) is 14.8 Å². The topological polar surface area (TPSA) is 59.8 Å². The van der Waals surface area contributed by atoms with Crippen molar-refractivity contribution >= 4 is 33.3 Å². The molecule has 1 aromatic carbocycles. The summed E-state index contributed by atoms with van der Waals surface area (Å²) in [7, 11) is 0. The van der Waals surface area contributed by atoms with Crippen LogP contribution in [0.5, 0.6) is 0 Å². The first-order valence-electron chi connectivity index (χ1n) is 7.09. The lowest BCUT2D eigenvalue weighted by atomic mass is 9.96. The van der Waals surface area contributed by atoms with Crippen LogP contribution in [0.2, 0.25) is 0 Å². The quantitative estimate of drug-likeness (QED) is 0.783. The lowest BCUT2D eigenvalue weighted by Crippen LogP contribution is -2.28. The number of nitrogens with zero attached hydrogens (tertiary/aromatic N) is 3. The van der Waals surface area contributed by atoms with Crippen LogP contribution in [-0.4, -0.2) is 20.7 Å². The molecule has 0 aliphatic heterocycles. The van der Waals surface area contributed by atoms with Gasteiger partial charge in [0, 0.05) is 11.5 Å². The first-order valence-corrected chi connectivity index (χ1v) is 7.90. The van der Waals surface area contributed by atoms with Gasteiger partial charge in [0.1, 0.15) is 5.82 Å². The van der Waals surface area contributed by atoms with Gasteiger partial charge >= 0.3 is 0 Å². The summed E-state index contributed by atoms with van der Waals surface area (Å²) in [6.45, 7) is 7.55. The highest BCUT2D eigenvalue weighted by Gasteiger charge is 2.23. The standard InChI is InChI=1S/C16H18N4OS/c1-10-9-13(18-14(21)16(2,3)4)20(19-10)15-17-11-7-5-6-8-12(11)22-15/h5-9H,1-4H3,(H,18,21). The Morgan fingerprint density at radius 3 is 2.68 bits per heavy atom. The number of aryl methyl sites for hydroxylation is 1. The van der Waals surface area contributed by atoms with Gasteiger partial charge in [0.15, 0.2) is 0 Å². The van der Waals surface area contributed by atoms with Crippen LogP contribution in [0.3, 0.4) is 0 Å². The number of thiazole rings is 1. The SMILES string of the molecule is Cc1cc(NC(=O)C(C)(C)C)n(-c2nc3ccccc3s2)n1. The first-order chi connectivity index (χ1) is 10.3. The number of para-hydroxylation sites is 1. The Labute approximate surface area is 133 Å². The maximum absolute atomic E-state index is 12.2. The van der Waals surface area contributed by atoms with Crippen LogP contribution in [0.15, 0.2) is 30.3 Å². The molecule has 0 saturated carbocycles. The van der Waals surface area contributed by atoms with E-state index in [1.54, 1.807) is 16.0 Å². The Bertz CT molecular complexity index is 808. The molecule has 2 aromatic heterocycles. The molecule has 0 aliphatic carbocycles. The zero-order chi connectivity index (χ0) is 15.9. The van der Waals surface area contributed by atoms with Gasteiger partial charge in [-0.05, 0) is 19.1 Å². The minimum absolute atomic E-state index is 0.0465. The van der Waals surface area contributed by atoms with Gasteiger partial charge in [-0.25, -0.2) is 4.98 Å². The highest BCUT2D eigenvalue weighted by molar-refractivity contribution is 7.20. The Kier molecular flexibility index (Phi) is 3.48. The van der Waals surface area contributed by atoms with Gasteiger partial charge in [0.05, 0.1) is 15.9 Å². The number of anilines is 1. The molecule has 0 unspecified atom stereocenters. The number of amides is 1. The number of hydrogen-bond donors (Lipinski definition) is 1. The van der Waals surface area contributed by atoms with Crippen LogP contribution < -0.4 is 5.32 Å². The lowest BCUT2D eigenvalue weighted by molar-refractivity contribution is -0.123. The molecule has 3 rings (SSSR count). The molecular weight excluding hydrogens is 296 g/mol. The Morgan fingerprint density at radius 2 is 2.00 bits per heavy atom. The summed E-state index contributed by atoms with van der Waals surface area (Å²) in [5.41, 5.74) is 1.31. The van der Waals surface area contributed by atoms with Crippen molar-refractivity contribution in [3.63, 3.8) is 0 Å². The molecule has 0 aliphatic rings. The second kappa shape index (κ2) is 5.21. The molecular formula is C16H18N4OS. The predicted molar refractivity (Wildman–Crippen MR) is 89.6 cm³/mol. The van der Waals surface area contributed by atoms with Crippen LogP contribution in [0.25, 0.3) is 15.3 Å². The van der Waals surface area contributed by atoms with E-state index in [1.807, 2.05) is 58.0 Å². The molecule has 0 fully saturated rings. The second-order valence-corrected chi connectivity index (χ2v) is 7.26. The van der Waals surface area contributed by atoms with Gasteiger partial charge in [-0.15, -0.1) is 0 Å². The van der Waals surface area contributed by atoms with E-state index in [2.05, 4.69) is 15.4 Å². The van der Waals surface area contributed by atoms with E-state index in [4.69, 9.17) is 0 Å². The van der Waals surface area contributed by atoms with Crippen LogP contribution in [0.1, 0.15) is 26.5 Å². The fourth-order valence-corrected chi connectivity index (χ4v) is 2.92. The number of carbonyl (C=O) groups excluding carboxylic acids is 1. The van der Waals surface area contributed by atoms with Gasteiger partial charge in [-0.3, -0.25) is 4.79 Å². The van der Waals surface area contributed by atoms with Crippen molar-refractivity contribution in [2.45, 2.75) is 27.7 Å². The number of aromatic nitrogens is 3. The van der Waals surface area contributed by atoms with Crippen LogP contribution in [-0.2, 0) is 4.79 Å². The van der Waals surface area contributed by atoms with Crippen molar-refractivity contribution in [2.75, 3.05) is 5.32 Å². The monoisotopic (exact) mass is 314 g/mol. The summed E-state index contributed by atoms with van der Waals surface area (Å²) in [4.78, 5) is 16.8. The highest BCUT2D eigenvalue weighted by atomic mass is 32.1. The molecule has 1 amide bonds. The summed E-state index contributed by atoms with van der Waals surface area (Å²) >= 11 is 1.55. The number of rotatable bonds is 2. The molecule has 114 valence electrons. The van der Waals surface area contributed by atoms with Crippen LogP contribution in [0.4, 0.5) is 5.82 Å². The molecule has 0 spiro atoms. The van der Waals surface area contributed by atoms with E-state index in [0.29, 0.717) is 5.82 Å². The summed E-state index contributed by atoms with van der Waals surface area (Å²) in [5, 5.41) is 8.15. The smallest absolute Gasteiger partial charge is 0.230 e. The van der Waals surface area contributed by atoms with E-state index in [0.717, 1.165) is 21.0 Å². The molecule has 3 aromatic rings. The normalized spacial score (nSPS) is 11.8. The van der Waals surface area contributed by atoms with E-state index in [9.17, 15) is 4.79 Å². The average Bonchev–Trinajstić information content (AvgIpc) is 3.00. The van der Waals surface area contributed by atoms with E-state index < -0.39 is 5.41 Å².